The van der Waals surface area contributed by atoms with Crippen LogP contribution in [0.5, 0.6) is 0 Å². The Morgan fingerprint density at radius 1 is 0.465 bits per heavy atom. The number of para-hydroxylation sites is 3. The zero-order chi connectivity index (χ0) is 28.7. The summed E-state index contributed by atoms with van der Waals surface area (Å²) in [7, 11) is 0. The quantitative estimate of drug-likeness (QED) is 0.216. The number of nitrogens with zero attached hydrogens (tertiary/aromatic N) is 4. The SMILES string of the molecule is N#Cc1ccc2oc3c(-n4c5ccccc5c5cc(-n6c7ccccc7c7ccc(C#N)cc76)ccc54)cccc3c2c1. The van der Waals surface area contributed by atoms with E-state index in [2.05, 4.69) is 100 Å². The van der Waals surface area contributed by atoms with Crippen molar-refractivity contribution in [2.24, 2.45) is 0 Å². The molecule has 0 spiro atoms. The molecule has 0 aliphatic rings. The Morgan fingerprint density at radius 2 is 1.12 bits per heavy atom. The van der Waals surface area contributed by atoms with Crippen LogP contribution in [0.25, 0.3) is 76.9 Å². The van der Waals surface area contributed by atoms with Crippen molar-refractivity contribution in [3.8, 4) is 23.5 Å². The van der Waals surface area contributed by atoms with Crippen LogP contribution in [0.3, 0.4) is 0 Å². The van der Waals surface area contributed by atoms with Gasteiger partial charge in [0.2, 0.25) is 0 Å². The molecule has 9 aromatic rings. The lowest BCUT2D eigenvalue weighted by molar-refractivity contribution is 0.666. The molecule has 0 N–H and O–H groups in total. The molecule has 0 saturated carbocycles. The smallest absolute Gasteiger partial charge is 0.159 e. The molecule has 0 fully saturated rings. The van der Waals surface area contributed by atoms with Gasteiger partial charge in [-0.3, -0.25) is 0 Å². The fraction of sp³-hybridized carbons (Fsp3) is 0. The predicted molar refractivity (Wildman–Crippen MR) is 172 cm³/mol. The van der Waals surface area contributed by atoms with E-state index >= 15 is 0 Å². The zero-order valence-corrected chi connectivity index (χ0v) is 22.7. The van der Waals surface area contributed by atoms with Crippen LogP contribution >= 0.6 is 0 Å². The molecule has 9 rings (SSSR count). The molecule has 6 aromatic carbocycles. The van der Waals surface area contributed by atoms with Gasteiger partial charge in [0.1, 0.15) is 5.58 Å². The minimum absolute atomic E-state index is 0.608. The van der Waals surface area contributed by atoms with E-state index < -0.39 is 0 Å². The summed E-state index contributed by atoms with van der Waals surface area (Å²) < 4.78 is 11.0. The van der Waals surface area contributed by atoms with Crippen LogP contribution in [-0.2, 0) is 0 Å². The first kappa shape index (κ1) is 23.4. The van der Waals surface area contributed by atoms with Gasteiger partial charge in [0, 0.05) is 38.0 Å². The van der Waals surface area contributed by atoms with E-state index in [9.17, 15) is 10.5 Å². The van der Waals surface area contributed by atoms with Gasteiger partial charge in [-0.15, -0.1) is 0 Å². The van der Waals surface area contributed by atoms with Crippen LogP contribution < -0.4 is 0 Å². The molecule has 0 saturated heterocycles. The molecule has 0 atom stereocenters. The van der Waals surface area contributed by atoms with Crippen molar-refractivity contribution in [2.75, 3.05) is 0 Å². The summed E-state index contributed by atoms with van der Waals surface area (Å²) in [5, 5.41) is 25.6. The normalized spacial score (nSPS) is 11.7. The Kier molecular flexibility index (Phi) is 4.68. The molecule has 0 radical (unpaired) electrons. The van der Waals surface area contributed by atoms with E-state index in [4.69, 9.17) is 4.42 Å². The van der Waals surface area contributed by atoms with E-state index in [1.54, 1.807) is 6.07 Å². The summed E-state index contributed by atoms with van der Waals surface area (Å²) in [6.45, 7) is 0. The van der Waals surface area contributed by atoms with Crippen molar-refractivity contribution in [3.05, 3.63) is 132 Å². The Labute approximate surface area is 245 Å². The highest BCUT2D eigenvalue weighted by Crippen LogP contribution is 2.40. The summed E-state index contributed by atoms with van der Waals surface area (Å²) >= 11 is 0. The van der Waals surface area contributed by atoms with E-state index in [1.165, 1.54) is 0 Å². The minimum Gasteiger partial charge on any atom is -0.454 e. The van der Waals surface area contributed by atoms with Gasteiger partial charge in [-0.2, -0.15) is 10.5 Å². The van der Waals surface area contributed by atoms with Gasteiger partial charge in [0.05, 0.1) is 51.0 Å². The average molecular weight is 549 g/mol. The Morgan fingerprint density at radius 3 is 1.93 bits per heavy atom. The second-order valence-electron chi connectivity index (χ2n) is 10.8. The van der Waals surface area contributed by atoms with Crippen molar-refractivity contribution in [1.82, 2.24) is 9.13 Å². The Bertz CT molecular complexity index is 2710. The molecular formula is C38H20N4O. The molecule has 0 amide bonds. The van der Waals surface area contributed by atoms with Crippen molar-refractivity contribution in [3.63, 3.8) is 0 Å². The van der Waals surface area contributed by atoms with Crippen molar-refractivity contribution < 1.29 is 4.42 Å². The van der Waals surface area contributed by atoms with Gasteiger partial charge in [-0.05, 0) is 66.7 Å². The van der Waals surface area contributed by atoms with Gasteiger partial charge < -0.3 is 13.6 Å². The van der Waals surface area contributed by atoms with Gasteiger partial charge in [-0.1, -0.05) is 54.6 Å². The summed E-state index contributed by atoms with van der Waals surface area (Å²) in [5.41, 5.74) is 9.00. The lowest BCUT2D eigenvalue weighted by atomic mass is 10.1. The first-order valence-electron chi connectivity index (χ1n) is 14.1. The van der Waals surface area contributed by atoms with Gasteiger partial charge in [0.25, 0.3) is 0 Å². The monoisotopic (exact) mass is 548 g/mol. The second kappa shape index (κ2) is 8.60. The van der Waals surface area contributed by atoms with Crippen molar-refractivity contribution >= 4 is 65.6 Å². The molecule has 3 aromatic heterocycles. The zero-order valence-electron chi connectivity index (χ0n) is 22.7. The van der Waals surface area contributed by atoms with E-state index in [0.717, 1.165) is 76.9 Å². The van der Waals surface area contributed by atoms with Crippen LogP contribution in [0, 0.1) is 22.7 Å². The van der Waals surface area contributed by atoms with Gasteiger partial charge in [0.15, 0.2) is 5.58 Å². The number of rotatable bonds is 2. The number of hydrogen-bond acceptors (Lipinski definition) is 3. The molecule has 5 heteroatoms. The van der Waals surface area contributed by atoms with Crippen LogP contribution in [0.15, 0.2) is 126 Å². The largest absolute Gasteiger partial charge is 0.454 e. The highest BCUT2D eigenvalue weighted by molar-refractivity contribution is 6.14. The average Bonchev–Trinajstić information content (AvgIpc) is 3.71. The Balaban J connectivity index is 1.36. The highest BCUT2D eigenvalue weighted by Gasteiger charge is 2.19. The highest BCUT2D eigenvalue weighted by atomic mass is 16.3. The first-order chi connectivity index (χ1) is 21.2. The fourth-order valence-corrected chi connectivity index (χ4v) is 6.71. The number of furan rings is 1. The van der Waals surface area contributed by atoms with Crippen LogP contribution in [0.4, 0.5) is 0 Å². The third-order valence-electron chi connectivity index (χ3n) is 8.56. The summed E-state index contributed by atoms with van der Waals surface area (Å²) in [6.07, 6.45) is 0. The maximum absolute atomic E-state index is 9.67. The summed E-state index contributed by atoms with van der Waals surface area (Å²) in [6, 6.07) is 45.6. The standard InChI is InChI=1S/C38H20N4O/c39-21-23-13-17-37-31(18-23)29-8-5-11-35(38(29)43-37)42-33-10-4-2-7-27(33)30-20-25(14-16-34(30)42)41-32-9-3-1-6-26(32)28-15-12-24(22-40)19-36(28)41/h1-20H. The first-order valence-corrected chi connectivity index (χ1v) is 14.1. The molecule has 0 aliphatic heterocycles. The van der Waals surface area contributed by atoms with E-state index in [-0.39, 0.29) is 0 Å². The molecule has 198 valence electrons. The topological polar surface area (TPSA) is 70.6 Å². The van der Waals surface area contributed by atoms with Crippen LogP contribution in [0.2, 0.25) is 0 Å². The molecule has 5 nitrogen and oxygen atoms in total. The lowest BCUT2D eigenvalue weighted by Gasteiger charge is -2.11. The third kappa shape index (κ3) is 3.19. The Hall–Kier alpha value is -6.30. The fourth-order valence-electron chi connectivity index (χ4n) is 6.71. The maximum Gasteiger partial charge on any atom is 0.159 e. The maximum atomic E-state index is 9.67. The molecule has 0 unspecified atom stereocenters. The minimum atomic E-state index is 0.608. The number of fused-ring (bicyclic) bond motifs is 9. The summed E-state index contributed by atoms with van der Waals surface area (Å²) in [5.74, 6) is 0. The molecule has 0 bridgehead atoms. The predicted octanol–water partition coefficient (Wildman–Crippen LogP) is 9.52. The molecule has 43 heavy (non-hydrogen) atoms. The lowest BCUT2D eigenvalue weighted by Crippen LogP contribution is -1.96. The van der Waals surface area contributed by atoms with E-state index in [1.807, 2.05) is 36.4 Å². The number of hydrogen-bond donors (Lipinski definition) is 0. The third-order valence-corrected chi connectivity index (χ3v) is 8.56. The second-order valence-corrected chi connectivity index (χ2v) is 10.8. The number of benzene rings is 6. The van der Waals surface area contributed by atoms with Gasteiger partial charge in [-0.25, -0.2) is 0 Å². The molecule has 3 heterocycles. The number of nitriles is 2. The van der Waals surface area contributed by atoms with Crippen LogP contribution in [0.1, 0.15) is 11.1 Å². The van der Waals surface area contributed by atoms with Crippen molar-refractivity contribution in [2.45, 2.75) is 0 Å². The van der Waals surface area contributed by atoms with Crippen LogP contribution in [-0.4, -0.2) is 9.13 Å². The van der Waals surface area contributed by atoms with E-state index in [0.29, 0.717) is 11.1 Å². The molecular weight excluding hydrogens is 528 g/mol. The van der Waals surface area contributed by atoms with Crippen molar-refractivity contribution in [1.29, 1.82) is 10.5 Å². The van der Waals surface area contributed by atoms with Gasteiger partial charge >= 0.3 is 0 Å². The molecule has 0 aliphatic carbocycles. The summed E-state index contributed by atoms with van der Waals surface area (Å²) in [4.78, 5) is 0. The number of aromatic nitrogens is 2.